The average molecular weight is 231 g/mol. The van der Waals surface area contributed by atoms with E-state index < -0.39 is 0 Å². The van der Waals surface area contributed by atoms with E-state index in [0.29, 0.717) is 5.92 Å². The van der Waals surface area contributed by atoms with Gasteiger partial charge in [0.1, 0.15) is 0 Å². The Morgan fingerprint density at radius 3 is 2.31 bits per heavy atom. The molecule has 0 saturated carbocycles. The first-order chi connectivity index (χ1) is 7.65. The highest BCUT2D eigenvalue weighted by molar-refractivity contribution is 4.66. The van der Waals surface area contributed by atoms with Gasteiger partial charge in [0.2, 0.25) is 0 Å². The fraction of sp³-hybridized carbons (Fsp3) is 1.00. The third-order valence-electron chi connectivity index (χ3n) is 2.88. The van der Waals surface area contributed by atoms with E-state index in [1.165, 1.54) is 0 Å². The average Bonchev–Trinajstić information content (AvgIpc) is 2.25. The Kier molecular flexibility index (Phi) is 9.99. The molecule has 2 atom stereocenters. The molecule has 0 saturated heterocycles. The van der Waals surface area contributed by atoms with Crippen LogP contribution >= 0.6 is 0 Å². The minimum Gasteiger partial charge on any atom is -0.394 e. The fourth-order valence-corrected chi connectivity index (χ4v) is 1.78. The van der Waals surface area contributed by atoms with E-state index in [2.05, 4.69) is 20.8 Å². The Morgan fingerprint density at radius 1 is 1.19 bits per heavy atom. The Bertz CT molecular complexity index is 151. The van der Waals surface area contributed by atoms with Crippen LogP contribution in [0.4, 0.5) is 0 Å². The Hall–Kier alpha value is -0.120. The van der Waals surface area contributed by atoms with Gasteiger partial charge in [-0.15, -0.1) is 0 Å². The number of aliphatic hydroxyl groups is 1. The van der Waals surface area contributed by atoms with Gasteiger partial charge >= 0.3 is 0 Å². The molecule has 0 spiro atoms. The zero-order chi connectivity index (χ0) is 12.4. The van der Waals surface area contributed by atoms with Crippen LogP contribution in [-0.4, -0.2) is 30.5 Å². The second kappa shape index (κ2) is 10.1. The smallest absolute Gasteiger partial charge is 0.0832 e. The lowest BCUT2D eigenvalue weighted by Crippen LogP contribution is -2.29. The lowest BCUT2D eigenvalue weighted by Gasteiger charge is -2.26. The van der Waals surface area contributed by atoms with Crippen molar-refractivity contribution in [2.45, 2.75) is 65.1 Å². The molecule has 0 radical (unpaired) electrons. The maximum absolute atomic E-state index is 9.24. The van der Waals surface area contributed by atoms with Gasteiger partial charge in [-0.3, -0.25) is 0 Å². The molecule has 0 aromatic heterocycles. The van der Waals surface area contributed by atoms with E-state index >= 15 is 0 Å². The van der Waals surface area contributed by atoms with Crippen LogP contribution in [0.2, 0.25) is 0 Å². The molecule has 3 heteroatoms. The van der Waals surface area contributed by atoms with Crippen LogP contribution in [0.5, 0.6) is 0 Å². The molecule has 0 bridgehead atoms. The van der Waals surface area contributed by atoms with Crippen molar-refractivity contribution in [3.8, 4) is 0 Å². The third-order valence-corrected chi connectivity index (χ3v) is 2.88. The predicted octanol–water partition coefficient (Wildman–Crippen LogP) is 2.32. The zero-order valence-corrected chi connectivity index (χ0v) is 11.1. The minimum absolute atomic E-state index is 0.0190. The molecule has 0 aliphatic rings. The van der Waals surface area contributed by atoms with Gasteiger partial charge in [-0.25, -0.2) is 0 Å². The SMILES string of the molecule is CCCC(CCCCN)OC(CO)C(C)C. The Morgan fingerprint density at radius 2 is 1.88 bits per heavy atom. The maximum Gasteiger partial charge on any atom is 0.0832 e. The van der Waals surface area contributed by atoms with E-state index in [1.54, 1.807) is 0 Å². The van der Waals surface area contributed by atoms with Gasteiger partial charge in [0.25, 0.3) is 0 Å². The summed E-state index contributed by atoms with van der Waals surface area (Å²) in [6.45, 7) is 7.22. The normalized spacial score (nSPS) is 15.4. The van der Waals surface area contributed by atoms with Gasteiger partial charge < -0.3 is 15.6 Å². The largest absolute Gasteiger partial charge is 0.394 e. The monoisotopic (exact) mass is 231 g/mol. The zero-order valence-electron chi connectivity index (χ0n) is 11.1. The lowest BCUT2D eigenvalue weighted by molar-refractivity contribution is -0.0676. The summed E-state index contributed by atoms with van der Waals surface area (Å²) in [6, 6.07) is 0. The van der Waals surface area contributed by atoms with Crippen LogP contribution in [-0.2, 0) is 4.74 Å². The summed E-state index contributed by atoms with van der Waals surface area (Å²) in [5, 5.41) is 9.24. The van der Waals surface area contributed by atoms with Crippen molar-refractivity contribution in [1.29, 1.82) is 0 Å². The molecule has 3 N–H and O–H groups in total. The number of aliphatic hydroxyl groups excluding tert-OH is 1. The van der Waals surface area contributed by atoms with Crippen molar-refractivity contribution in [3.63, 3.8) is 0 Å². The quantitative estimate of drug-likeness (QED) is 0.567. The number of rotatable bonds is 10. The Labute approximate surface area is 100 Å². The molecule has 0 aromatic rings. The summed E-state index contributed by atoms with van der Waals surface area (Å²) in [5.41, 5.74) is 5.48. The summed E-state index contributed by atoms with van der Waals surface area (Å²) in [5.74, 6) is 0.374. The van der Waals surface area contributed by atoms with Gasteiger partial charge in [-0.1, -0.05) is 27.2 Å². The van der Waals surface area contributed by atoms with Crippen LogP contribution in [0.1, 0.15) is 52.9 Å². The second-order valence-corrected chi connectivity index (χ2v) is 4.80. The van der Waals surface area contributed by atoms with E-state index in [9.17, 15) is 5.11 Å². The predicted molar refractivity (Wildman–Crippen MR) is 68.4 cm³/mol. The van der Waals surface area contributed by atoms with Crippen LogP contribution < -0.4 is 5.73 Å². The summed E-state index contributed by atoms with van der Waals surface area (Å²) in [7, 11) is 0. The molecule has 0 amide bonds. The molecule has 0 aliphatic carbocycles. The molecule has 3 nitrogen and oxygen atoms in total. The summed E-state index contributed by atoms with van der Waals surface area (Å²) < 4.78 is 5.96. The first kappa shape index (κ1) is 15.9. The molecule has 16 heavy (non-hydrogen) atoms. The maximum atomic E-state index is 9.24. The second-order valence-electron chi connectivity index (χ2n) is 4.80. The first-order valence-corrected chi connectivity index (χ1v) is 6.62. The fourth-order valence-electron chi connectivity index (χ4n) is 1.78. The number of unbranched alkanes of at least 4 members (excludes halogenated alkanes) is 1. The third kappa shape index (κ3) is 7.20. The van der Waals surface area contributed by atoms with Gasteiger partial charge in [-0.05, 0) is 38.1 Å². The van der Waals surface area contributed by atoms with E-state index in [-0.39, 0.29) is 18.8 Å². The van der Waals surface area contributed by atoms with Crippen LogP contribution in [0.15, 0.2) is 0 Å². The van der Waals surface area contributed by atoms with Crippen molar-refractivity contribution < 1.29 is 9.84 Å². The molecular formula is C13H29NO2. The number of hydrogen-bond acceptors (Lipinski definition) is 3. The molecule has 0 aliphatic heterocycles. The standard InChI is InChI=1S/C13H29NO2/c1-4-7-12(8-5-6-9-14)16-13(10-15)11(2)3/h11-13,15H,4-10,14H2,1-3H3. The Balaban J connectivity index is 3.98. The summed E-state index contributed by atoms with van der Waals surface area (Å²) in [6.07, 6.45) is 5.73. The topological polar surface area (TPSA) is 55.5 Å². The molecule has 0 aromatic carbocycles. The van der Waals surface area contributed by atoms with Crippen LogP contribution in [0, 0.1) is 5.92 Å². The highest BCUT2D eigenvalue weighted by Crippen LogP contribution is 2.16. The summed E-state index contributed by atoms with van der Waals surface area (Å²) >= 11 is 0. The molecule has 2 unspecified atom stereocenters. The van der Waals surface area contributed by atoms with E-state index in [1.807, 2.05) is 0 Å². The van der Waals surface area contributed by atoms with Gasteiger partial charge in [-0.2, -0.15) is 0 Å². The van der Waals surface area contributed by atoms with E-state index in [0.717, 1.165) is 38.6 Å². The van der Waals surface area contributed by atoms with Crippen molar-refractivity contribution >= 4 is 0 Å². The molecule has 0 heterocycles. The van der Waals surface area contributed by atoms with Crippen molar-refractivity contribution in [3.05, 3.63) is 0 Å². The molecule has 0 rings (SSSR count). The van der Waals surface area contributed by atoms with Crippen LogP contribution in [0.25, 0.3) is 0 Å². The lowest BCUT2D eigenvalue weighted by atomic mass is 10.0. The molecule has 98 valence electrons. The van der Waals surface area contributed by atoms with Crippen molar-refractivity contribution in [1.82, 2.24) is 0 Å². The van der Waals surface area contributed by atoms with Gasteiger partial charge in [0.15, 0.2) is 0 Å². The first-order valence-electron chi connectivity index (χ1n) is 6.62. The van der Waals surface area contributed by atoms with Crippen molar-refractivity contribution in [2.24, 2.45) is 11.7 Å². The van der Waals surface area contributed by atoms with Crippen LogP contribution in [0.3, 0.4) is 0 Å². The number of ether oxygens (including phenoxy) is 1. The minimum atomic E-state index is -0.0190. The summed E-state index contributed by atoms with van der Waals surface area (Å²) in [4.78, 5) is 0. The van der Waals surface area contributed by atoms with Crippen molar-refractivity contribution in [2.75, 3.05) is 13.2 Å². The molecular weight excluding hydrogens is 202 g/mol. The van der Waals surface area contributed by atoms with Gasteiger partial charge in [0, 0.05) is 0 Å². The highest BCUT2D eigenvalue weighted by atomic mass is 16.5. The van der Waals surface area contributed by atoms with E-state index in [4.69, 9.17) is 10.5 Å². The highest BCUT2D eigenvalue weighted by Gasteiger charge is 2.18. The van der Waals surface area contributed by atoms with Gasteiger partial charge in [0.05, 0.1) is 18.8 Å². The number of hydrogen-bond donors (Lipinski definition) is 2. The molecule has 0 fully saturated rings. The number of nitrogens with two attached hydrogens (primary N) is 1.